The van der Waals surface area contributed by atoms with Gasteiger partial charge in [-0.3, -0.25) is 0 Å². The Morgan fingerprint density at radius 3 is 1.62 bits per heavy atom. The second kappa shape index (κ2) is 17.9. The SMILES string of the molecule is Cc1cc(/C=C/C#N)cc(C)c1-c1cccc2cnc(Cl)nc12.Cc1cc(/C=C/C#N)cc(C)c1B1OC(C)(C)C(C)(C)O1.Clc1ncc2cccc(Br)c2n1. The molecule has 0 amide bonds. The van der Waals surface area contributed by atoms with Gasteiger partial charge in [0.05, 0.1) is 34.4 Å². The van der Waals surface area contributed by atoms with Gasteiger partial charge >= 0.3 is 7.12 Å². The minimum absolute atomic E-state index is 0.244. The van der Waals surface area contributed by atoms with E-state index in [0.717, 1.165) is 76.2 Å². The Hall–Kier alpha value is -4.94. The van der Waals surface area contributed by atoms with Crippen LogP contribution in [-0.2, 0) is 9.31 Å². The summed E-state index contributed by atoms with van der Waals surface area (Å²) in [4.78, 5) is 16.4. The van der Waals surface area contributed by atoms with Crippen molar-refractivity contribution in [2.45, 2.75) is 66.6 Å². The molecule has 6 aromatic rings. The Balaban J connectivity index is 0.000000168. The zero-order valence-electron chi connectivity index (χ0n) is 32.4. The highest BCUT2D eigenvalue weighted by atomic mass is 79.9. The van der Waals surface area contributed by atoms with Gasteiger partial charge in [0.25, 0.3) is 0 Å². The molecule has 0 aliphatic carbocycles. The third kappa shape index (κ3) is 9.71. The Bertz CT molecular complexity index is 2520. The highest BCUT2D eigenvalue weighted by Gasteiger charge is 2.52. The van der Waals surface area contributed by atoms with Crippen LogP contribution in [0.5, 0.6) is 0 Å². The lowest BCUT2D eigenvalue weighted by Gasteiger charge is -2.32. The summed E-state index contributed by atoms with van der Waals surface area (Å²) in [6, 6.07) is 24.1. The fourth-order valence-corrected chi connectivity index (χ4v) is 7.19. The zero-order valence-corrected chi connectivity index (χ0v) is 35.5. The predicted octanol–water partition coefficient (Wildman–Crippen LogP) is 11.3. The first-order valence-corrected chi connectivity index (χ1v) is 19.3. The van der Waals surface area contributed by atoms with E-state index in [2.05, 4.69) is 116 Å². The van der Waals surface area contributed by atoms with Crippen LogP contribution in [0.3, 0.4) is 0 Å². The molecule has 0 unspecified atom stereocenters. The van der Waals surface area contributed by atoms with Crippen LogP contribution in [0.1, 0.15) is 61.1 Å². The van der Waals surface area contributed by atoms with E-state index >= 15 is 0 Å². The van der Waals surface area contributed by atoms with Crippen LogP contribution >= 0.6 is 39.1 Å². The van der Waals surface area contributed by atoms with Gasteiger partial charge in [0.2, 0.25) is 10.6 Å². The third-order valence-electron chi connectivity index (χ3n) is 9.74. The van der Waals surface area contributed by atoms with Gasteiger partial charge < -0.3 is 9.31 Å². The molecule has 12 heteroatoms. The molecule has 1 aliphatic heterocycles. The molecular formula is C44H40BBrCl2N6O2. The van der Waals surface area contributed by atoms with Crippen molar-refractivity contribution in [3.63, 3.8) is 0 Å². The molecule has 0 bridgehead atoms. The normalized spacial score (nSPS) is 14.3. The number of nitrogens with zero attached hydrogens (tertiary/aromatic N) is 6. The van der Waals surface area contributed by atoms with E-state index in [9.17, 15) is 0 Å². The summed E-state index contributed by atoms with van der Waals surface area (Å²) in [6.07, 6.45) is 10.0. The summed E-state index contributed by atoms with van der Waals surface area (Å²) in [5, 5.41) is 19.8. The maximum atomic E-state index is 8.68. The lowest BCUT2D eigenvalue weighted by atomic mass is 9.73. The van der Waals surface area contributed by atoms with E-state index in [1.54, 1.807) is 12.4 Å². The standard InChI is InChI=1S/C19H14ClN3.C17H22BNO2.C8H4BrClN2/c1-12-9-14(5-4-8-21)10-13(2)17(12)16-7-3-6-15-11-22-19(20)23-18(15)16;1-12-10-14(8-7-9-19)11-13(2)15(12)18-20-16(3,4)17(5,6)21-18;9-6-3-1-2-5-4-11-8(10)12-7(5)6/h3-7,9-11H,1-2H3;7-8,10-11H,1-6H3;1-4H/b5-4+;8-7+;. The van der Waals surface area contributed by atoms with E-state index in [1.165, 1.54) is 12.2 Å². The smallest absolute Gasteiger partial charge is 0.399 e. The number of allylic oxidation sites excluding steroid dienone is 2. The Kier molecular flexibility index (Phi) is 13.5. The number of nitriles is 2. The predicted molar refractivity (Wildman–Crippen MR) is 233 cm³/mol. The lowest BCUT2D eigenvalue weighted by molar-refractivity contribution is 0.00578. The molecule has 7 rings (SSSR count). The summed E-state index contributed by atoms with van der Waals surface area (Å²) in [7, 11) is -0.344. The number of fused-ring (bicyclic) bond motifs is 2. The molecule has 1 aliphatic rings. The summed E-state index contributed by atoms with van der Waals surface area (Å²) >= 11 is 15.0. The topological polar surface area (TPSA) is 118 Å². The average molecular weight is 846 g/mol. The largest absolute Gasteiger partial charge is 0.495 e. The van der Waals surface area contributed by atoms with E-state index in [0.29, 0.717) is 0 Å². The maximum Gasteiger partial charge on any atom is 0.495 e. The molecule has 1 fully saturated rings. The van der Waals surface area contributed by atoms with E-state index < -0.39 is 0 Å². The monoisotopic (exact) mass is 844 g/mol. The Morgan fingerprint density at radius 1 is 0.679 bits per heavy atom. The van der Waals surface area contributed by atoms with Crippen molar-refractivity contribution in [3.05, 3.63) is 134 Å². The Labute approximate surface area is 347 Å². The molecule has 2 aromatic heterocycles. The number of aromatic nitrogens is 4. The number of hydrogen-bond acceptors (Lipinski definition) is 8. The van der Waals surface area contributed by atoms with Crippen molar-refractivity contribution in [3.8, 4) is 23.3 Å². The van der Waals surface area contributed by atoms with Crippen LogP contribution in [0.25, 0.3) is 45.1 Å². The average Bonchev–Trinajstić information content (AvgIpc) is 3.35. The van der Waals surface area contributed by atoms with Crippen molar-refractivity contribution >= 4 is 85.7 Å². The van der Waals surface area contributed by atoms with Gasteiger partial charge in [-0.15, -0.1) is 0 Å². The van der Waals surface area contributed by atoms with E-state index in [-0.39, 0.29) is 28.9 Å². The van der Waals surface area contributed by atoms with Crippen LogP contribution < -0.4 is 5.46 Å². The molecule has 1 saturated heterocycles. The van der Waals surface area contributed by atoms with Crippen LogP contribution in [0.4, 0.5) is 0 Å². The molecule has 0 radical (unpaired) electrons. The maximum absolute atomic E-state index is 8.68. The van der Waals surface area contributed by atoms with Gasteiger partial charge in [-0.25, -0.2) is 19.9 Å². The van der Waals surface area contributed by atoms with Gasteiger partial charge in [-0.1, -0.05) is 65.7 Å². The molecule has 0 N–H and O–H groups in total. The molecule has 8 nitrogen and oxygen atoms in total. The second-order valence-electron chi connectivity index (χ2n) is 14.3. The highest BCUT2D eigenvalue weighted by molar-refractivity contribution is 9.10. The number of hydrogen-bond donors (Lipinski definition) is 0. The minimum atomic E-state index is -0.344. The lowest BCUT2D eigenvalue weighted by Crippen LogP contribution is -2.41. The number of aryl methyl sites for hydroxylation is 4. The van der Waals surface area contributed by atoms with Crippen molar-refractivity contribution in [1.82, 2.24) is 19.9 Å². The fourth-order valence-electron chi connectivity index (χ4n) is 6.46. The van der Waals surface area contributed by atoms with Crippen LogP contribution in [0.15, 0.2) is 89.7 Å². The van der Waals surface area contributed by atoms with Crippen LogP contribution in [0.2, 0.25) is 10.6 Å². The number of para-hydroxylation sites is 2. The van der Waals surface area contributed by atoms with Crippen LogP contribution in [0, 0.1) is 50.4 Å². The minimum Gasteiger partial charge on any atom is -0.399 e. The van der Waals surface area contributed by atoms with E-state index in [1.807, 2.05) is 60.7 Å². The number of rotatable bonds is 4. The first-order valence-electron chi connectivity index (χ1n) is 17.7. The van der Waals surface area contributed by atoms with Gasteiger partial charge in [-0.2, -0.15) is 10.5 Å². The fraction of sp³-hybridized carbons (Fsp3) is 0.227. The van der Waals surface area contributed by atoms with Gasteiger partial charge in [-0.05, 0) is 146 Å². The first kappa shape index (κ1) is 42.2. The van der Waals surface area contributed by atoms with Crippen molar-refractivity contribution in [2.24, 2.45) is 0 Å². The van der Waals surface area contributed by atoms with Crippen molar-refractivity contribution < 1.29 is 9.31 Å². The summed E-state index contributed by atoms with van der Waals surface area (Å²) < 4.78 is 13.2. The summed E-state index contributed by atoms with van der Waals surface area (Å²) in [6.45, 7) is 16.5. The number of benzene rings is 4. The molecule has 0 atom stereocenters. The number of halogens is 3. The molecular weight excluding hydrogens is 806 g/mol. The quantitative estimate of drug-likeness (QED) is 0.0978. The highest BCUT2D eigenvalue weighted by Crippen LogP contribution is 2.37. The van der Waals surface area contributed by atoms with Gasteiger partial charge in [0, 0.05) is 45.4 Å². The van der Waals surface area contributed by atoms with Gasteiger partial charge in [0.15, 0.2) is 0 Å². The molecule has 4 aromatic carbocycles. The third-order valence-corrected chi connectivity index (χ3v) is 10.7. The zero-order chi connectivity index (χ0) is 40.8. The van der Waals surface area contributed by atoms with Crippen LogP contribution in [-0.4, -0.2) is 38.3 Å². The van der Waals surface area contributed by atoms with Crippen molar-refractivity contribution in [2.75, 3.05) is 0 Å². The first-order chi connectivity index (χ1) is 26.5. The second-order valence-corrected chi connectivity index (χ2v) is 15.8. The summed E-state index contributed by atoms with van der Waals surface area (Å²) in [5.41, 5.74) is 10.8. The molecule has 0 spiro atoms. The molecule has 3 heterocycles. The Morgan fingerprint density at radius 2 is 1.12 bits per heavy atom. The molecule has 56 heavy (non-hydrogen) atoms. The van der Waals surface area contributed by atoms with Gasteiger partial charge in [0.1, 0.15) is 0 Å². The van der Waals surface area contributed by atoms with E-state index in [4.69, 9.17) is 43.0 Å². The van der Waals surface area contributed by atoms with Crippen molar-refractivity contribution in [1.29, 1.82) is 10.5 Å². The molecule has 0 saturated carbocycles. The summed E-state index contributed by atoms with van der Waals surface area (Å²) in [5.74, 6) is 0. The molecule has 282 valence electrons.